The second-order valence-corrected chi connectivity index (χ2v) is 6.23. The summed E-state index contributed by atoms with van der Waals surface area (Å²) in [4.78, 5) is 16.4. The van der Waals surface area contributed by atoms with E-state index in [1.165, 1.54) is 22.9 Å². The van der Waals surface area contributed by atoms with E-state index in [2.05, 4.69) is 28.5 Å². The van der Waals surface area contributed by atoms with E-state index in [1.807, 2.05) is 36.4 Å². The fourth-order valence-corrected chi connectivity index (χ4v) is 3.20. The molecule has 1 amide bonds. The first-order chi connectivity index (χ1) is 10.8. The van der Waals surface area contributed by atoms with Crippen LogP contribution in [0.25, 0.3) is 0 Å². The highest BCUT2D eigenvalue weighted by Gasteiger charge is 2.15. The molecule has 0 unspecified atom stereocenters. The van der Waals surface area contributed by atoms with E-state index in [1.54, 1.807) is 0 Å². The molecule has 2 aromatic rings. The monoisotopic (exact) mass is 310 g/mol. The number of fused-ring (bicyclic) bond motifs is 1. The molecule has 1 aliphatic rings. The lowest BCUT2D eigenvalue weighted by molar-refractivity contribution is -0.118. The van der Waals surface area contributed by atoms with E-state index in [9.17, 15) is 4.79 Å². The van der Waals surface area contributed by atoms with Crippen LogP contribution in [0.2, 0.25) is 0 Å². The molecule has 0 atom stereocenters. The van der Waals surface area contributed by atoms with E-state index < -0.39 is 0 Å². The molecule has 0 radical (unpaired) electrons. The third kappa shape index (κ3) is 3.98. The molecule has 3 nitrogen and oxygen atoms in total. The third-order valence-corrected chi connectivity index (χ3v) is 4.50. The van der Waals surface area contributed by atoms with Gasteiger partial charge >= 0.3 is 0 Å². The van der Waals surface area contributed by atoms with Crippen LogP contribution < -0.4 is 5.32 Å². The number of carbonyl (C=O) groups is 1. The number of benzene rings is 2. The first kappa shape index (κ1) is 14.9. The van der Waals surface area contributed by atoms with Gasteiger partial charge in [0.25, 0.3) is 0 Å². The molecule has 112 valence electrons. The van der Waals surface area contributed by atoms with E-state index in [0.29, 0.717) is 12.3 Å². The maximum Gasteiger partial charge on any atom is 0.230 e. The second kappa shape index (κ2) is 7.27. The molecular weight excluding hydrogens is 292 g/mol. The Labute approximate surface area is 134 Å². The first-order valence-corrected chi connectivity index (χ1v) is 8.39. The topological polar surface area (TPSA) is 41.5 Å². The minimum Gasteiger partial charge on any atom is -0.355 e. The highest BCUT2D eigenvalue weighted by atomic mass is 32.2. The maximum absolute atomic E-state index is 11.9. The molecule has 0 spiro atoms. The normalized spacial score (nSPS) is 12.6. The zero-order valence-corrected chi connectivity index (χ0v) is 13.1. The number of thioether (sulfide) groups is 1. The molecule has 1 aliphatic heterocycles. The Morgan fingerprint density at radius 3 is 2.68 bits per heavy atom. The van der Waals surface area contributed by atoms with Crippen molar-refractivity contribution < 1.29 is 4.79 Å². The van der Waals surface area contributed by atoms with Crippen LogP contribution >= 0.6 is 11.8 Å². The molecule has 2 aromatic carbocycles. The van der Waals surface area contributed by atoms with Gasteiger partial charge in [0.2, 0.25) is 5.91 Å². The summed E-state index contributed by atoms with van der Waals surface area (Å²) in [5.74, 6) is 0.501. The van der Waals surface area contributed by atoms with Crippen molar-refractivity contribution in [3.05, 3.63) is 65.7 Å². The molecule has 0 fully saturated rings. The number of hydrogen-bond acceptors (Lipinski definition) is 3. The van der Waals surface area contributed by atoms with Crippen molar-refractivity contribution in [2.24, 2.45) is 4.99 Å². The van der Waals surface area contributed by atoms with Gasteiger partial charge in [-0.2, -0.15) is 0 Å². The van der Waals surface area contributed by atoms with Crippen LogP contribution in [-0.2, 0) is 17.6 Å². The number of para-hydroxylation sites is 1. The van der Waals surface area contributed by atoms with E-state index in [4.69, 9.17) is 0 Å². The Kier molecular flexibility index (Phi) is 4.91. The van der Waals surface area contributed by atoms with Crippen molar-refractivity contribution in [1.82, 2.24) is 5.32 Å². The summed E-state index contributed by atoms with van der Waals surface area (Å²) in [5.41, 5.74) is 3.52. The van der Waals surface area contributed by atoms with Crippen LogP contribution in [0.3, 0.4) is 0 Å². The molecule has 3 rings (SSSR count). The van der Waals surface area contributed by atoms with Crippen LogP contribution in [0.4, 0.5) is 5.69 Å². The molecule has 1 N–H and O–H groups in total. The second-order valence-electron chi connectivity index (χ2n) is 5.19. The maximum atomic E-state index is 11.9. The third-order valence-electron chi connectivity index (χ3n) is 3.53. The Balaban J connectivity index is 1.39. The molecule has 0 aliphatic carbocycles. The Hall–Kier alpha value is -2.07. The smallest absolute Gasteiger partial charge is 0.230 e. The van der Waals surface area contributed by atoms with E-state index in [0.717, 1.165) is 23.6 Å². The average molecular weight is 310 g/mol. The van der Waals surface area contributed by atoms with Crippen LogP contribution in [0.5, 0.6) is 0 Å². The Morgan fingerprint density at radius 2 is 1.86 bits per heavy atom. The molecular formula is C18H18N2OS. The van der Waals surface area contributed by atoms with Gasteiger partial charge in [-0.15, -0.1) is 11.8 Å². The highest BCUT2D eigenvalue weighted by molar-refractivity contribution is 8.14. The highest BCUT2D eigenvalue weighted by Crippen LogP contribution is 2.29. The van der Waals surface area contributed by atoms with Crippen molar-refractivity contribution in [3.63, 3.8) is 0 Å². The Bertz CT molecular complexity index is 682. The average Bonchev–Trinajstić information content (AvgIpc) is 2.97. The molecule has 0 saturated heterocycles. The SMILES string of the molecule is O=C(CSC1=Nc2ccccc2C1)NCCc1ccccc1. The number of rotatable bonds is 5. The van der Waals surface area contributed by atoms with Crippen molar-refractivity contribution in [2.75, 3.05) is 12.3 Å². The molecule has 22 heavy (non-hydrogen) atoms. The quantitative estimate of drug-likeness (QED) is 0.920. The van der Waals surface area contributed by atoms with Crippen LogP contribution in [0.15, 0.2) is 59.6 Å². The number of aliphatic imine (C=N–C) groups is 1. The van der Waals surface area contributed by atoms with Crippen molar-refractivity contribution >= 4 is 28.4 Å². The van der Waals surface area contributed by atoms with Crippen molar-refractivity contribution in [3.8, 4) is 0 Å². The van der Waals surface area contributed by atoms with Crippen LogP contribution in [0.1, 0.15) is 11.1 Å². The lowest BCUT2D eigenvalue weighted by Crippen LogP contribution is -2.27. The number of hydrogen-bond donors (Lipinski definition) is 1. The van der Waals surface area contributed by atoms with Gasteiger partial charge in [0.1, 0.15) is 0 Å². The van der Waals surface area contributed by atoms with Gasteiger partial charge in [-0.1, -0.05) is 48.5 Å². The largest absolute Gasteiger partial charge is 0.355 e. The molecule has 4 heteroatoms. The van der Waals surface area contributed by atoms with Gasteiger partial charge < -0.3 is 5.32 Å². The standard InChI is InChI=1S/C18H18N2OS/c21-17(19-11-10-14-6-2-1-3-7-14)13-22-18-12-15-8-4-5-9-16(15)20-18/h1-9H,10-13H2,(H,19,21). The predicted molar refractivity (Wildman–Crippen MR) is 92.9 cm³/mol. The van der Waals surface area contributed by atoms with Gasteiger partial charge in [-0.05, 0) is 23.6 Å². The summed E-state index contributed by atoms with van der Waals surface area (Å²) >= 11 is 1.53. The van der Waals surface area contributed by atoms with Gasteiger partial charge in [-0.3, -0.25) is 4.79 Å². The number of carbonyl (C=O) groups excluding carboxylic acids is 1. The first-order valence-electron chi connectivity index (χ1n) is 7.40. The minimum absolute atomic E-state index is 0.0691. The Morgan fingerprint density at radius 1 is 1.09 bits per heavy atom. The molecule has 0 aromatic heterocycles. The summed E-state index contributed by atoms with van der Waals surface area (Å²) in [5, 5.41) is 3.99. The zero-order chi connectivity index (χ0) is 15.2. The number of nitrogens with zero attached hydrogens (tertiary/aromatic N) is 1. The van der Waals surface area contributed by atoms with Gasteiger partial charge in [0.05, 0.1) is 16.5 Å². The molecule has 0 saturated carbocycles. The summed E-state index contributed by atoms with van der Waals surface area (Å²) in [6.45, 7) is 0.677. The summed E-state index contributed by atoms with van der Waals surface area (Å²) < 4.78 is 0. The summed E-state index contributed by atoms with van der Waals surface area (Å²) in [6, 6.07) is 18.3. The molecule has 0 bridgehead atoms. The van der Waals surface area contributed by atoms with Crippen molar-refractivity contribution in [2.45, 2.75) is 12.8 Å². The van der Waals surface area contributed by atoms with Gasteiger partial charge in [0, 0.05) is 13.0 Å². The number of nitrogens with one attached hydrogen (secondary N) is 1. The fraction of sp³-hybridized carbons (Fsp3) is 0.222. The van der Waals surface area contributed by atoms with Crippen molar-refractivity contribution in [1.29, 1.82) is 0 Å². The van der Waals surface area contributed by atoms with Gasteiger partial charge in [-0.25, -0.2) is 4.99 Å². The summed E-state index contributed by atoms with van der Waals surface area (Å²) in [6.07, 6.45) is 1.71. The lowest BCUT2D eigenvalue weighted by Gasteiger charge is -2.05. The molecule has 1 heterocycles. The van der Waals surface area contributed by atoms with Crippen LogP contribution in [0, 0.1) is 0 Å². The van der Waals surface area contributed by atoms with Gasteiger partial charge in [0.15, 0.2) is 0 Å². The summed E-state index contributed by atoms with van der Waals surface area (Å²) in [7, 11) is 0. The van der Waals surface area contributed by atoms with Crippen LogP contribution in [-0.4, -0.2) is 23.2 Å². The predicted octanol–water partition coefficient (Wildman–Crippen LogP) is 3.36. The van der Waals surface area contributed by atoms with E-state index >= 15 is 0 Å². The minimum atomic E-state index is 0.0691. The zero-order valence-electron chi connectivity index (χ0n) is 12.3. The van der Waals surface area contributed by atoms with E-state index in [-0.39, 0.29) is 5.91 Å². The lowest BCUT2D eigenvalue weighted by atomic mass is 10.1. The fourth-order valence-electron chi connectivity index (χ4n) is 2.38. The number of amides is 1.